The topological polar surface area (TPSA) is 49.9 Å². The van der Waals surface area contributed by atoms with Gasteiger partial charge in [0.1, 0.15) is 6.04 Å². The molecular weight excluding hydrogens is 268 g/mol. The summed E-state index contributed by atoms with van der Waals surface area (Å²) >= 11 is 0. The standard InChI is InChI=1S/C16H28N2O3/c1-4-21-11-14(12(2)3)18-10-8-15(19)17-9-6-5-7-13(17)16(18)20/h12-14H,4-11H2,1-3H3. The van der Waals surface area contributed by atoms with Crippen LogP contribution < -0.4 is 0 Å². The van der Waals surface area contributed by atoms with Crippen LogP contribution in [0.3, 0.4) is 0 Å². The van der Waals surface area contributed by atoms with Crippen molar-refractivity contribution in [3.63, 3.8) is 0 Å². The van der Waals surface area contributed by atoms with E-state index in [4.69, 9.17) is 4.74 Å². The van der Waals surface area contributed by atoms with E-state index in [9.17, 15) is 9.59 Å². The maximum absolute atomic E-state index is 12.9. The summed E-state index contributed by atoms with van der Waals surface area (Å²) in [5, 5.41) is 0. The molecule has 0 spiro atoms. The van der Waals surface area contributed by atoms with Gasteiger partial charge in [-0.3, -0.25) is 9.59 Å². The predicted molar refractivity (Wildman–Crippen MR) is 80.8 cm³/mol. The summed E-state index contributed by atoms with van der Waals surface area (Å²) in [6.45, 7) is 8.67. The SMILES string of the molecule is CCOCC(C(C)C)N1CCC(=O)N2CCCCC2C1=O. The summed E-state index contributed by atoms with van der Waals surface area (Å²) < 4.78 is 5.57. The zero-order valence-corrected chi connectivity index (χ0v) is 13.5. The lowest BCUT2D eigenvalue weighted by atomic mass is 9.98. The molecule has 0 bridgehead atoms. The first-order valence-electron chi connectivity index (χ1n) is 8.24. The van der Waals surface area contributed by atoms with E-state index in [0.717, 1.165) is 25.8 Å². The van der Waals surface area contributed by atoms with E-state index in [-0.39, 0.29) is 23.9 Å². The molecule has 2 aliphatic rings. The zero-order chi connectivity index (χ0) is 15.4. The fraction of sp³-hybridized carbons (Fsp3) is 0.875. The van der Waals surface area contributed by atoms with E-state index < -0.39 is 0 Å². The van der Waals surface area contributed by atoms with Crippen molar-refractivity contribution in [2.45, 2.75) is 58.5 Å². The van der Waals surface area contributed by atoms with Crippen molar-refractivity contribution in [1.82, 2.24) is 9.80 Å². The quantitative estimate of drug-likeness (QED) is 0.775. The van der Waals surface area contributed by atoms with Gasteiger partial charge in [-0.25, -0.2) is 0 Å². The van der Waals surface area contributed by atoms with Gasteiger partial charge in [0, 0.05) is 26.1 Å². The third kappa shape index (κ3) is 3.57. The molecule has 5 heteroatoms. The molecule has 0 N–H and O–H groups in total. The summed E-state index contributed by atoms with van der Waals surface area (Å²) in [6.07, 6.45) is 3.30. The first-order chi connectivity index (χ1) is 10.1. The van der Waals surface area contributed by atoms with Crippen LogP contribution >= 0.6 is 0 Å². The third-order valence-corrected chi connectivity index (χ3v) is 4.62. The summed E-state index contributed by atoms with van der Waals surface area (Å²) in [5.74, 6) is 0.583. The highest BCUT2D eigenvalue weighted by atomic mass is 16.5. The Morgan fingerprint density at radius 1 is 1.24 bits per heavy atom. The number of rotatable bonds is 5. The summed E-state index contributed by atoms with van der Waals surface area (Å²) in [4.78, 5) is 28.9. The Hall–Kier alpha value is -1.10. The van der Waals surface area contributed by atoms with Gasteiger partial charge < -0.3 is 14.5 Å². The van der Waals surface area contributed by atoms with Gasteiger partial charge in [0.05, 0.1) is 12.6 Å². The van der Waals surface area contributed by atoms with Gasteiger partial charge in [-0.15, -0.1) is 0 Å². The number of ether oxygens (including phenoxy) is 1. The second-order valence-electron chi connectivity index (χ2n) is 6.35. The van der Waals surface area contributed by atoms with Crippen LogP contribution in [0, 0.1) is 5.92 Å². The second-order valence-corrected chi connectivity index (χ2v) is 6.35. The maximum atomic E-state index is 12.9. The number of hydrogen-bond donors (Lipinski definition) is 0. The van der Waals surface area contributed by atoms with Crippen molar-refractivity contribution in [1.29, 1.82) is 0 Å². The number of piperidine rings is 1. The minimum Gasteiger partial charge on any atom is -0.380 e. The monoisotopic (exact) mass is 296 g/mol. The van der Waals surface area contributed by atoms with Crippen LogP contribution in [0.15, 0.2) is 0 Å². The molecule has 0 aromatic carbocycles. The van der Waals surface area contributed by atoms with Crippen molar-refractivity contribution in [3.8, 4) is 0 Å². The van der Waals surface area contributed by atoms with Crippen LogP contribution in [0.2, 0.25) is 0 Å². The average molecular weight is 296 g/mol. The largest absolute Gasteiger partial charge is 0.380 e. The molecule has 2 atom stereocenters. The molecule has 120 valence electrons. The fourth-order valence-corrected chi connectivity index (χ4v) is 3.36. The Kier molecular flexibility index (Phi) is 5.62. The Bertz CT molecular complexity index is 384. The van der Waals surface area contributed by atoms with Gasteiger partial charge in [0.25, 0.3) is 0 Å². The van der Waals surface area contributed by atoms with Gasteiger partial charge >= 0.3 is 0 Å². The smallest absolute Gasteiger partial charge is 0.245 e. The molecule has 2 aliphatic heterocycles. The lowest BCUT2D eigenvalue weighted by molar-refractivity contribution is -0.145. The van der Waals surface area contributed by atoms with Crippen LogP contribution in [0.4, 0.5) is 0 Å². The highest BCUT2D eigenvalue weighted by molar-refractivity contribution is 5.90. The van der Waals surface area contributed by atoms with Crippen LogP contribution in [0.25, 0.3) is 0 Å². The maximum Gasteiger partial charge on any atom is 0.245 e. The molecule has 2 rings (SSSR count). The zero-order valence-electron chi connectivity index (χ0n) is 13.5. The first-order valence-corrected chi connectivity index (χ1v) is 8.24. The first kappa shape index (κ1) is 16.3. The Morgan fingerprint density at radius 3 is 2.67 bits per heavy atom. The van der Waals surface area contributed by atoms with E-state index in [0.29, 0.717) is 32.1 Å². The second kappa shape index (κ2) is 7.25. The van der Waals surface area contributed by atoms with Gasteiger partial charge in [0.15, 0.2) is 0 Å². The number of fused-ring (bicyclic) bond motifs is 1. The Labute approximate surface area is 127 Å². The number of nitrogens with zero attached hydrogens (tertiary/aromatic N) is 2. The number of amides is 2. The van der Waals surface area contributed by atoms with E-state index in [1.165, 1.54) is 0 Å². The van der Waals surface area contributed by atoms with Gasteiger partial charge in [-0.1, -0.05) is 13.8 Å². The predicted octanol–water partition coefficient (Wildman–Crippen LogP) is 1.66. The van der Waals surface area contributed by atoms with Crippen molar-refractivity contribution < 1.29 is 14.3 Å². The van der Waals surface area contributed by atoms with Gasteiger partial charge in [-0.2, -0.15) is 0 Å². The number of carbonyl (C=O) groups excluding carboxylic acids is 2. The summed E-state index contributed by atoms with van der Waals surface area (Å²) in [7, 11) is 0. The van der Waals surface area contributed by atoms with E-state index in [1.54, 1.807) is 0 Å². The van der Waals surface area contributed by atoms with Crippen molar-refractivity contribution in [2.24, 2.45) is 5.92 Å². The normalized spacial score (nSPS) is 25.0. The molecule has 2 amide bonds. The molecule has 2 fully saturated rings. The van der Waals surface area contributed by atoms with Crippen molar-refractivity contribution >= 4 is 11.8 Å². The lowest BCUT2D eigenvalue weighted by Crippen LogP contribution is -2.53. The molecule has 0 saturated carbocycles. The van der Waals surface area contributed by atoms with Gasteiger partial charge in [0.2, 0.25) is 11.8 Å². The Balaban J connectivity index is 2.18. The Morgan fingerprint density at radius 2 is 2.00 bits per heavy atom. The van der Waals surface area contributed by atoms with Crippen molar-refractivity contribution in [3.05, 3.63) is 0 Å². The van der Waals surface area contributed by atoms with E-state index in [2.05, 4.69) is 13.8 Å². The van der Waals surface area contributed by atoms with Crippen LogP contribution in [0.5, 0.6) is 0 Å². The lowest BCUT2D eigenvalue weighted by Gasteiger charge is -2.38. The van der Waals surface area contributed by atoms with Crippen LogP contribution in [-0.4, -0.2) is 60.0 Å². The molecule has 0 aromatic rings. The highest BCUT2D eigenvalue weighted by Crippen LogP contribution is 2.25. The average Bonchev–Trinajstić information content (AvgIpc) is 2.60. The number of carbonyl (C=O) groups is 2. The highest BCUT2D eigenvalue weighted by Gasteiger charge is 2.40. The molecule has 0 aliphatic carbocycles. The van der Waals surface area contributed by atoms with E-state index >= 15 is 0 Å². The minimum absolute atomic E-state index is 0.0622. The van der Waals surface area contributed by atoms with Crippen molar-refractivity contribution in [2.75, 3.05) is 26.3 Å². The molecule has 0 aromatic heterocycles. The molecule has 0 radical (unpaired) electrons. The molecule has 2 heterocycles. The third-order valence-electron chi connectivity index (χ3n) is 4.62. The molecular formula is C16H28N2O3. The minimum atomic E-state index is -0.239. The number of hydrogen-bond acceptors (Lipinski definition) is 3. The summed E-state index contributed by atoms with van der Waals surface area (Å²) in [5.41, 5.74) is 0. The van der Waals surface area contributed by atoms with Gasteiger partial charge in [-0.05, 0) is 32.1 Å². The van der Waals surface area contributed by atoms with Crippen LogP contribution in [-0.2, 0) is 14.3 Å². The molecule has 2 unspecified atom stereocenters. The molecule has 2 saturated heterocycles. The van der Waals surface area contributed by atoms with Crippen LogP contribution in [0.1, 0.15) is 46.5 Å². The molecule has 21 heavy (non-hydrogen) atoms. The summed E-state index contributed by atoms with van der Waals surface area (Å²) in [6, 6.07) is -0.177. The molecule has 5 nitrogen and oxygen atoms in total. The van der Waals surface area contributed by atoms with E-state index in [1.807, 2.05) is 16.7 Å². The fourth-order valence-electron chi connectivity index (χ4n) is 3.36.